The number of hydrogen-bond acceptors (Lipinski definition) is 0. The first kappa shape index (κ1) is 19.2. The molecule has 0 aromatic carbocycles. The van der Waals surface area contributed by atoms with Crippen LogP contribution in [0.2, 0.25) is 0 Å². The van der Waals surface area contributed by atoms with Crippen LogP contribution in [0.25, 0.3) is 0 Å². The lowest BCUT2D eigenvalue weighted by Crippen LogP contribution is -2.70. The molecule has 0 rings (SSSR count). The third-order valence-corrected chi connectivity index (χ3v) is 2.52. The minimum absolute atomic E-state index is 0.205. The normalized spacial score (nSPS) is 15.6. The molecule has 0 nitrogen and oxygen atoms in total. The number of halogens is 11. The van der Waals surface area contributed by atoms with E-state index in [2.05, 4.69) is 0 Å². The van der Waals surface area contributed by atoms with Gasteiger partial charge >= 0.3 is 29.9 Å². The van der Waals surface area contributed by atoms with Crippen molar-refractivity contribution >= 4 is 0 Å². The maximum Gasteiger partial charge on any atom is 0.438 e. The largest absolute Gasteiger partial charge is 0.438 e. The summed E-state index contributed by atoms with van der Waals surface area (Å²) in [5, 5.41) is 0. The van der Waals surface area contributed by atoms with Crippen LogP contribution in [0.5, 0.6) is 0 Å². The fraction of sp³-hybridized carbons (Fsp3) is 1.00. The lowest BCUT2D eigenvalue weighted by atomic mass is 9.88. The highest BCUT2D eigenvalue weighted by atomic mass is 19.4. The van der Waals surface area contributed by atoms with Gasteiger partial charge in [-0.3, -0.25) is 0 Å². The van der Waals surface area contributed by atoms with Gasteiger partial charge in [0, 0.05) is 6.42 Å². The third-order valence-electron chi connectivity index (χ3n) is 2.52. The summed E-state index contributed by atoms with van der Waals surface area (Å²) in [6.45, 7) is 1.18. The molecule has 0 unspecified atom stereocenters. The summed E-state index contributed by atoms with van der Waals surface area (Å²) in [6, 6.07) is 0. The summed E-state index contributed by atoms with van der Waals surface area (Å²) < 4.78 is 137. The van der Waals surface area contributed by atoms with Gasteiger partial charge in [-0.25, -0.2) is 4.39 Å². The Labute approximate surface area is 105 Å². The standard InChI is InChI=1S/C9H9F11/c1-2-3-4-5(10,11)7(13,14)6(12,8(15,16)17)9(18,19)20/h2-4H2,1H3. The Bertz CT molecular complexity index is 310. The van der Waals surface area contributed by atoms with E-state index in [1.807, 2.05) is 0 Å². The molecule has 0 saturated carbocycles. The quantitative estimate of drug-likeness (QED) is 0.603. The molecule has 11 heteroatoms. The van der Waals surface area contributed by atoms with E-state index in [-0.39, 0.29) is 6.42 Å². The second-order valence-electron chi connectivity index (χ2n) is 4.04. The summed E-state index contributed by atoms with van der Waals surface area (Å²) in [4.78, 5) is 0. The Morgan fingerprint density at radius 2 is 1.00 bits per heavy atom. The van der Waals surface area contributed by atoms with Crippen LogP contribution in [0.1, 0.15) is 26.2 Å². The van der Waals surface area contributed by atoms with Crippen LogP contribution in [0.4, 0.5) is 48.3 Å². The fourth-order valence-electron chi connectivity index (χ4n) is 1.32. The van der Waals surface area contributed by atoms with Crippen molar-refractivity contribution < 1.29 is 48.3 Å². The highest BCUT2D eigenvalue weighted by Crippen LogP contribution is 2.59. The average molecular weight is 326 g/mol. The van der Waals surface area contributed by atoms with Gasteiger partial charge in [0.15, 0.2) is 0 Å². The van der Waals surface area contributed by atoms with Crippen molar-refractivity contribution in [3.8, 4) is 0 Å². The van der Waals surface area contributed by atoms with Crippen LogP contribution in [-0.4, -0.2) is 29.9 Å². The maximum absolute atomic E-state index is 13.0. The molecular formula is C9H9F11. The monoisotopic (exact) mass is 326 g/mol. The lowest BCUT2D eigenvalue weighted by molar-refractivity contribution is -0.427. The first-order chi connectivity index (χ1) is 8.56. The first-order valence-corrected chi connectivity index (χ1v) is 5.14. The van der Waals surface area contributed by atoms with E-state index in [0.717, 1.165) is 0 Å². The Morgan fingerprint density at radius 3 is 1.25 bits per heavy atom. The van der Waals surface area contributed by atoms with Crippen LogP contribution < -0.4 is 0 Å². The molecule has 0 aliphatic heterocycles. The molecule has 0 spiro atoms. The summed E-state index contributed by atoms with van der Waals surface area (Å²) >= 11 is 0. The Balaban J connectivity index is 5.94. The van der Waals surface area contributed by atoms with Crippen molar-refractivity contribution in [1.82, 2.24) is 0 Å². The number of unbranched alkanes of at least 4 members (excludes halogenated alkanes) is 1. The Kier molecular flexibility index (Phi) is 5.01. The zero-order valence-corrected chi connectivity index (χ0v) is 9.78. The predicted octanol–water partition coefficient (Wildman–Crippen LogP) is 5.28. The first-order valence-electron chi connectivity index (χ1n) is 5.14. The molecule has 0 saturated heterocycles. The molecule has 0 fully saturated rings. The van der Waals surface area contributed by atoms with Gasteiger partial charge in [0.2, 0.25) is 0 Å². The van der Waals surface area contributed by atoms with Gasteiger partial charge in [-0.15, -0.1) is 0 Å². The predicted molar refractivity (Wildman–Crippen MR) is 45.4 cm³/mol. The molecule has 0 N–H and O–H groups in total. The average Bonchev–Trinajstić information content (AvgIpc) is 2.21. The SMILES string of the molecule is CCCCC(F)(F)C(F)(F)C(F)(C(F)(F)F)C(F)(F)F. The van der Waals surface area contributed by atoms with E-state index < -0.39 is 42.7 Å². The van der Waals surface area contributed by atoms with Gasteiger partial charge < -0.3 is 0 Å². The van der Waals surface area contributed by atoms with Crippen LogP contribution in [0, 0.1) is 0 Å². The van der Waals surface area contributed by atoms with Gasteiger partial charge in [-0.05, 0) is 6.42 Å². The molecular weight excluding hydrogens is 317 g/mol. The molecule has 0 aliphatic rings. The fourth-order valence-corrected chi connectivity index (χ4v) is 1.32. The molecule has 0 heterocycles. The van der Waals surface area contributed by atoms with Gasteiger partial charge in [0.1, 0.15) is 0 Å². The topological polar surface area (TPSA) is 0 Å². The minimum atomic E-state index is -7.33. The van der Waals surface area contributed by atoms with Crippen molar-refractivity contribution in [2.24, 2.45) is 0 Å². The molecule has 122 valence electrons. The zero-order valence-electron chi connectivity index (χ0n) is 9.78. The second kappa shape index (κ2) is 5.21. The highest BCUT2D eigenvalue weighted by molar-refractivity contribution is 5.10. The zero-order chi connectivity index (χ0) is 16.6. The van der Waals surface area contributed by atoms with Gasteiger partial charge in [0.05, 0.1) is 0 Å². The smallest absolute Gasteiger partial charge is 0.216 e. The van der Waals surface area contributed by atoms with E-state index >= 15 is 0 Å². The molecule has 0 bridgehead atoms. The van der Waals surface area contributed by atoms with Gasteiger partial charge in [-0.1, -0.05) is 13.3 Å². The van der Waals surface area contributed by atoms with E-state index in [0.29, 0.717) is 0 Å². The number of alkyl halides is 11. The molecule has 0 amide bonds. The van der Waals surface area contributed by atoms with Gasteiger partial charge in [-0.2, -0.15) is 43.9 Å². The Hall–Kier alpha value is -0.770. The van der Waals surface area contributed by atoms with Crippen molar-refractivity contribution in [3.63, 3.8) is 0 Å². The molecule has 0 aliphatic carbocycles. The van der Waals surface area contributed by atoms with Crippen LogP contribution in [0.15, 0.2) is 0 Å². The van der Waals surface area contributed by atoms with Crippen molar-refractivity contribution in [2.75, 3.05) is 0 Å². The molecule has 0 aromatic rings. The van der Waals surface area contributed by atoms with Crippen LogP contribution in [-0.2, 0) is 0 Å². The maximum atomic E-state index is 13.0. The minimum Gasteiger partial charge on any atom is -0.216 e. The highest BCUT2D eigenvalue weighted by Gasteiger charge is 2.89. The van der Waals surface area contributed by atoms with Crippen molar-refractivity contribution in [1.29, 1.82) is 0 Å². The number of rotatable bonds is 5. The van der Waals surface area contributed by atoms with E-state index in [1.54, 1.807) is 0 Å². The summed E-state index contributed by atoms with van der Waals surface area (Å²) in [5.74, 6) is -12.8. The van der Waals surface area contributed by atoms with E-state index in [4.69, 9.17) is 0 Å². The summed E-state index contributed by atoms with van der Waals surface area (Å²) in [5.41, 5.74) is -7.33. The second-order valence-corrected chi connectivity index (χ2v) is 4.04. The van der Waals surface area contributed by atoms with Crippen LogP contribution in [0.3, 0.4) is 0 Å². The number of hydrogen-bond donors (Lipinski definition) is 0. The molecule has 0 radical (unpaired) electrons. The molecule has 0 aromatic heterocycles. The molecule has 20 heavy (non-hydrogen) atoms. The van der Waals surface area contributed by atoms with E-state index in [1.165, 1.54) is 6.92 Å². The lowest BCUT2D eigenvalue weighted by Gasteiger charge is -2.39. The van der Waals surface area contributed by atoms with Crippen LogP contribution >= 0.6 is 0 Å². The third kappa shape index (κ3) is 2.80. The van der Waals surface area contributed by atoms with Crippen molar-refractivity contribution in [3.05, 3.63) is 0 Å². The molecule has 0 atom stereocenters. The van der Waals surface area contributed by atoms with E-state index in [9.17, 15) is 48.3 Å². The van der Waals surface area contributed by atoms with Gasteiger partial charge in [0.25, 0.3) is 0 Å². The Morgan fingerprint density at radius 1 is 0.650 bits per heavy atom. The summed E-state index contributed by atoms with van der Waals surface area (Å²) in [6.07, 6.45) is -17.5. The van der Waals surface area contributed by atoms with Crippen molar-refractivity contribution in [2.45, 2.75) is 56.1 Å². The summed E-state index contributed by atoms with van der Waals surface area (Å²) in [7, 11) is 0.